The minimum Gasteiger partial charge on any atom is -0.356 e. The molecule has 136 valence electrons. The molecule has 0 aliphatic carbocycles. The molecule has 0 aromatic rings. The zero-order valence-corrected chi connectivity index (χ0v) is 16.1. The molecule has 1 fully saturated rings. The first kappa shape index (κ1) is 20.2. The third-order valence-corrected chi connectivity index (χ3v) is 4.80. The van der Waals surface area contributed by atoms with E-state index in [9.17, 15) is 0 Å². The smallest absolute Gasteiger partial charge is 0.191 e. The van der Waals surface area contributed by atoms with Gasteiger partial charge in [-0.1, -0.05) is 40.0 Å². The van der Waals surface area contributed by atoms with E-state index in [2.05, 4.69) is 53.2 Å². The Morgan fingerprint density at radius 1 is 1.04 bits per heavy atom. The lowest BCUT2D eigenvalue weighted by Crippen LogP contribution is -2.55. The van der Waals surface area contributed by atoms with Gasteiger partial charge in [0, 0.05) is 52.4 Å². The van der Waals surface area contributed by atoms with Crippen LogP contribution in [0.5, 0.6) is 0 Å². The van der Waals surface area contributed by atoms with Crippen molar-refractivity contribution in [3.63, 3.8) is 0 Å². The maximum atomic E-state index is 4.36. The maximum absolute atomic E-state index is 4.36. The highest BCUT2D eigenvalue weighted by Gasteiger charge is 2.24. The van der Waals surface area contributed by atoms with Crippen LogP contribution in [0.25, 0.3) is 0 Å². The molecular formula is C18H39N5. The van der Waals surface area contributed by atoms with E-state index in [4.69, 9.17) is 0 Å². The summed E-state index contributed by atoms with van der Waals surface area (Å²) < 4.78 is 0. The van der Waals surface area contributed by atoms with Crippen LogP contribution in [-0.4, -0.2) is 75.2 Å². The van der Waals surface area contributed by atoms with E-state index in [0.29, 0.717) is 12.0 Å². The van der Waals surface area contributed by atoms with Crippen molar-refractivity contribution in [2.45, 2.75) is 52.5 Å². The summed E-state index contributed by atoms with van der Waals surface area (Å²) in [6.45, 7) is 13.6. The number of likely N-dealkylation sites (N-methyl/N-ethyl adjacent to an activating group) is 1. The van der Waals surface area contributed by atoms with Crippen LogP contribution in [0.4, 0.5) is 0 Å². The summed E-state index contributed by atoms with van der Waals surface area (Å²) in [4.78, 5) is 9.41. The average molecular weight is 326 g/mol. The van der Waals surface area contributed by atoms with Crippen LogP contribution in [-0.2, 0) is 0 Å². The molecule has 2 N–H and O–H groups in total. The quantitative estimate of drug-likeness (QED) is 0.387. The molecular weight excluding hydrogens is 286 g/mol. The molecule has 1 heterocycles. The van der Waals surface area contributed by atoms with Crippen molar-refractivity contribution in [3.8, 4) is 0 Å². The molecule has 5 nitrogen and oxygen atoms in total. The number of piperazine rings is 1. The molecule has 23 heavy (non-hydrogen) atoms. The monoisotopic (exact) mass is 325 g/mol. The fourth-order valence-electron chi connectivity index (χ4n) is 3.12. The van der Waals surface area contributed by atoms with Gasteiger partial charge in [0.2, 0.25) is 0 Å². The summed E-state index contributed by atoms with van der Waals surface area (Å²) in [5.41, 5.74) is 0. The van der Waals surface area contributed by atoms with Gasteiger partial charge >= 0.3 is 0 Å². The first-order chi connectivity index (χ1) is 11.1. The topological polar surface area (TPSA) is 42.9 Å². The molecule has 1 unspecified atom stereocenters. The van der Waals surface area contributed by atoms with Crippen molar-refractivity contribution in [1.29, 1.82) is 0 Å². The Morgan fingerprint density at radius 3 is 2.30 bits per heavy atom. The van der Waals surface area contributed by atoms with E-state index >= 15 is 0 Å². The van der Waals surface area contributed by atoms with Crippen molar-refractivity contribution in [2.24, 2.45) is 10.9 Å². The second-order valence-electron chi connectivity index (χ2n) is 7.09. The predicted molar refractivity (Wildman–Crippen MR) is 101 cm³/mol. The SMILES string of the molecule is CCCCCCNC(=NC)NCC(C(C)C)N1CCN(C)CC1. The van der Waals surface area contributed by atoms with Crippen molar-refractivity contribution in [1.82, 2.24) is 20.4 Å². The van der Waals surface area contributed by atoms with Crippen LogP contribution in [0, 0.1) is 5.92 Å². The highest BCUT2D eigenvalue weighted by molar-refractivity contribution is 5.79. The van der Waals surface area contributed by atoms with Gasteiger partial charge in [-0.05, 0) is 19.4 Å². The minimum absolute atomic E-state index is 0.572. The van der Waals surface area contributed by atoms with Gasteiger partial charge in [-0.25, -0.2) is 0 Å². The van der Waals surface area contributed by atoms with Crippen LogP contribution < -0.4 is 10.6 Å². The van der Waals surface area contributed by atoms with Gasteiger partial charge in [0.15, 0.2) is 5.96 Å². The Labute approximate surface area is 143 Å². The van der Waals surface area contributed by atoms with Crippen molar-refractivity contribution in [3.05, 3.63) is 0 Å². The molecule has 0 aromatic carbocycles. The van der Waals surface area contributed by atoms with Gasteiger partial charge in [0.1, 0.15) is 0 Å². The standard InChI is InChI=1S/C18H39N5/c1-6-7-8-9-10-20-18(19-4)21-15-17(16(2)3)23-13-11-22(5)12-14-23/h16-17H,6-15H2,1-5H3,(H2,19,20,21). The van der Waals surface area contributed by atoms with E-state index in [1.54, 1.807) is 0 Å². The molecule has 1 aliphatic heterocycles. The molecule has 1 atom stereocenters. The van der Waals surface area contributed by atoms with Crippen LogP contribution in [0.1, 0.15) is 46.5 Å². The molecule has 1 aliphatic rings. The first-order valence-electron chi connectivity index (χ1n) is 9.45. The Hall–Kier alpha value is -0.810. The molecule has 0 radical (unpaired) electrons. The fraction of sp³-hybridized carbons (Fsp3) is 0.944. The van der Waals surface area contributed by atoms with E-state index in [0.717, 1.165) is 19.0 Å². The normalized spacial score (nSPS) is 19.1. The Bertz CT molecular complexity index is 321. The highest BCUT2D eigenvalue weighted by atomic mass is 15.3. The average Bonchev–Trinajstić information content (AvgIpc) is 2.54. The number of aliphatic imine (C=N–C) groups is 1. The second-order valence-corrected chi connectivity index (χ2v) is 7.09. The maximum Gasteiger partial charge on any atom is 0.191 e. The lowest BCUT2D eigenvalue weighted by molar-refractivity contribution is 0.0900. The third-order valence-electron chi connectivity index (χ3n) is 4.80. The number of unbranched alkanes of at least 4 members (excludes halogenated alkanes) is 3. The van der Waals surface area contributed by atoms with Gasteiger partial charge in [-0.15, -0.1) is 0 Å². The molecule has 0 amide bonds. The van der Waals surface area contributed by atoms with Crippen molar-refractivity contribution < 1.29 is 0 Å². The Kier molecular flexibility index (Phi) is 10.3. The molecule has 1 saturated heterocycles. The number of nitrogens with one attached hydrogen (secondary N) is 2. The third kappa shape index (κ3) is 8.02. The number of rotatable bonds is 9. The summed E-state index contributed by atoms with van der Waals surface area (Å²) in [6, 6.07) is 0.572. The molecule has 0 spiro atoms. The molecule has 0 bridgehead atoms. The number of hydrogen-bond donors (Lipinski definition) is 2. The number of nitrogens with zero attached hydrogens (tertiary/aromatic N) is 3. The van der Waals surface area contributed by atoms with E-state index in [1.807, 2.05) is 7.05 Å². The Morgan fingerprint density at radius 2 is 1.74 bits per heavy atom. The van der Waals surface area contributed by atoms with Gasteiger partial charge in [-0.3, -0.25) is 9.89 Å². The van der Waals surface area contributed by atoms with Crippen LogP contribution in [0.3, 0.4) is 0 Å². The van der Waals surface area contributed by atoms with Crippen LogP contribution in [0.15, 0.2) is 4.99 Å². The molecule has 0 aromatic heterocycles. The predicted octanol–water partition coefficient (Wildman–Crippen LogP) is 2.00. The van der Waals surface area contributed by atoms with Gasteiger partial charge in [0.25, 0.3) is 0 Å². The van der Waals surface area contributed by atoms with Gasteiger partial charge < -0.3 is 15.5 Å². The number of guanidine groups is 1. The lowest BCUT2D eigenvalue weighted by atomic mass is 10.0. The summed E-state index contributed by atoms with van der Waals surface area (Å²) in [5, 5.41) is 6.98. The van der Waals surface area contributed by atoms with E-state index < -0.39 is 0 Å². The first-order valence-corrected chi connectivity index (χ1v) is 9.45. The highest BCUT2D eigenvalue weighted by Crippen LogP contribution is 2.12. The fourth-order valence-corrected chi connectivity index (χ4v) is 3.12. The zero-order valence-electron chi connectivity index (χ0n) is 16.1. The summed E-state index contributed by atoms with van der Waals surface area (Å²) in [6.07, 6.45) is 5.14. The molecule has 0 saturated carbocycles. The summed E-state index contributed by atoms with van der Waals surface area (Å²) >= 11 is 0. The summed E-state index contributed by atoms with van der Waals surface area (Å²) in [5.74, 6) is 1.59. The van der Waals surface area contributed by atoms with Crippen LogP contribution in [0.2, 0.25) is 0 Å². The largest absolute Gasteiger partial charge is 0.356 e. The van der Waals surface area contributed by atoms with Crippen molar-refractivity contribution >= 4 is 5.96 Å². The van der Waals surface area contributed by atoms with Gasteiger partial charge in [-0.2, -0.15) is 0 Å². The second kappa shape index (κ2) is 11.7. The van der Waals surface area contributed by atoms with Crippen molar-refractivity contribution in [2.75, 3.05) is 53.4 Å². The molecule has 5 heteroatoms. The summed E-state index contributed by atoms with van der Waals surface area (Å²) in [7, 11) is 4.08. The van der Waals surface area contributed by atoms with E-state index in [-0.39, 0.29) is 0 Å². The van der Waals surface area contributed by atoms with Gasteiger partial charge in [0.05, 0.1) is 0 Å². The van der Waals surface area contributed by atoms with Crippen LogP contribution >= 0.6 is 0 Å². The zero-order chi connectivity index (χ0) is 17.1. The van der Waals surface area contributed by atoms with E-state index in [1.165, 1.54) is 51.9 Å². The molecule has 1 rings (SSSR count). The lowest BCUT2D eigenvalue weighted by Gasteiger charge is -2.40. The Balaban J connectivity index is 2.35. The number of hydrogen-bond acceptors (Lipinski definition) is 3. The minimum atomic E-state index is 0.572.